The van der Waals surface area contributed by atoms with Crippen molar-refractivity contribution >= 4 is 16.8 Å². The van der Waals surface area contributed by atoms with Crippen molar-refractivity contribution in [2.75, 3.05) is 7.11 Å². The fourth-order valence-corrected chi connectivity index (χ4v) is 4.07. The number of amides is 1. The Bertz CT molecular complexity index is 997. The van der Waals surface area contributed by atoms with Crippen molar-refractivity contribution in [1.82, 2.24) is 20.7 Å². The highest BCUT2D eigenvalue weighted by Gasteiger charge is 2.28. The maximum atomic E-state index is 12.4. The summed E-state index contributed by atoms with van der Waals surface area (Å²) in [7, 11) is 1.65. The van der Waals surface area contributed by atoms with E-state index in [1.165, 1.54) is 16.6 Å². The minimum Gasteiger partial charge on any atom is -0.497 e. The van der Waals surface area contributed by atoms with Gasteiger partial charge in [-0.05, 0) is 48.6 Å². The second-order valence-electron chi connectivity index (χ2n) is 7.42. The average molecular weight is 393 g/mol. The van der Waals surface area contributed by atoms with E-state index >= 15 is 0 Å². The summed E-state index contributed by atoms with van der Waals surface area (Å²) in [6.07, 6.45) is 1.87. The Morgan fingerprint density at radius 3 is 2.86 bits per heavy atom. The molecular weight excluding hydrogens is 364 g/mol. The number of methoxy groups -OCH3 is 1. The number of para-hydroxylation sites is 1. The molecule has 2 heterocycles. The number of carbonyl (C=O) groups excluding carboxylic acids is 1. The Morgan fingerprint density at radius 1 is 1.17 bits per heavy atom. The van der Waals surface area contributed by atoms with Crippen LogP contribution in [0.5, 0.6) is 5.75 Å². The number of hydrogen-bond donors (Lipinski definition) is 3. The van der Waals surface area contributed by atoms with Crippen molar-refractivity contribution in [3.05, 3.63) is 65.9 Å². The lowest BCUT2D eigenvalue weighted by molar-refractivity contribution is -0.121. The highest BCUT2D eigenvalue weighted by atomic mass is 16.5. The lowest BCUT2D eigenvalue weighted by Crippen LogP contribution is -2.44. The van der Waals surface area contributed by atoms with Crippen molar-refractivity contribution in [2.45, 2.75) is 44.9 Å². The van der Waals surface area contributed by atoms with Crippen LogP contribution in [0.25, 0.3) is 10.9 Å². The minimum atomic E-state index is -0.0823. The first-order valence-electron chi connectivity index (χ1n) is 10.2. The lowest BCUT2D eigenvalue weighted by atomic mass is 10.1. The third-order valence-electron chi connectivity index (χ3n) is 5.53. The van der Waals surface area contributed by atoms with E-state index in [2.05, 4.69) is 58.0 Å². The number of aryl methyl sites for hydroxylation is 2. The van der Waals surface area contributed by atoms with Gasteiger partial charge in [-0.1, -0.05) is 30.3 Å². The van der Waals surface area contributed by atoms with Crippen LogP contribution in [0, 0.1) is 0 Å². The third-order valence-corrected chi connectivity index (χ3v) is 5.53. The number of nitrogens with zero attached hydrogens (tertiary/aromatic N) is 1. The van der Waals surface area contributed by atoms with Crippen LogP contribution < -0.4 is 20.9 Å². The predicted molar refractivity (Wildman–Crippen MR) is 114 cm³/mol. The largest absolute Gasteiger partial charge is 0.497 e. The molecule has 1 amide bonds. The van der Waals surface area contributed by atoms with Gasteiger partial charge in [0.1, 0.15) is 5.75 Å². The van der Waals surface area contributed by atoms with E-state index < -0.39 is 0 Å². The van der Waals surface area contributed by atoms with E-state index in [0.717, 1.165) is 24.3 Å². The van der Waals surface area contributed by atoms with E-state index in [4.69, 9.17) is 4.74 Å². The molecular formula is C23H28N4O2. The first kappa shape index (κ1) is 19.5. The van der Waals surface area contributed by atoms with E-state index in [1.807, 2.05) is 24.3 Å². The second-order valence-corrected chi connectivity index (χ2v) is 7.42. The SMILES string of the molecule is CCn1c(C2CC(NC(=O)CCc3cccc(OC)c3)NN2)cc2ccccc21. The van der Waals surface area contributed by atoms with Gasteiger partial charge < -0.3 is 14.6 Å². The number of nitrogens with one attached hydrogen (secondary N) is 3. The van der Waals surface area contributed by atoms with Crippen molar-refractivity contribution < 1.29 is 9.53 Å². The summed E-state index contributed by atoms with van der Waals surface area (Å²) in [5.74, 6) is 0.863. The number of hydrazine groups is 1. The molecule has 1 aliphatic rings. The Labute approximate surface area is 171 Å². The molecule has 0 aliphatic carbocycles. The monoisotopic (exact) mass is 392 g/mol. The van der Waals surface area contributed by atoms with Gasteiger partial charge in [0, 0.05) is 30.6 Å². The molecule has 2 unspecified atom stereocenters. The third kappa shape index (κ3) is 4.28. The highest BCUT2D eigenvalue weighted by Crippen LogP contribution is 2.28. The first-order valence-corrected chi connectivity index (χ1v) is 10.2. The number of benzene rings is 2. The Hall–Kier alpha value is -2.83. The van der Waals surface area contributed by atoms with Crippen LogP contribution in [0.4, 0.5) is 0 Å². The molecule has 3 aromatic rings. The highest BCUT2D eigenvalue weighted by molar-refractivity contribution is 5.81. The lowest BCUT2D eigenvalue weighted by Gasteiger charge is -2.14. The molecule has 6 heteroatoms. The van der Waals surface area contributed by atoms with Gasteiger partial charge in [0.25, 0.3) is 0 Å². The van der Waals surface area contributed by atoms with Crippen LogP contribution in [0.1, 0.15) is 37.1 Å². The molecule has 0 saturated carbocycles. The average Bonchev–Trinajstić information content (AvgIpc) is 3.36. The van der Waals surface area contributed by atoms with Crippen LogP contribution in [0.3, 0.4) is 0 Å². The van der Waals surface area contributed by atoms with Gasteiger partial charge >= 0.3 is 0 Å². The van der Waals surface area contributed by atoms with E-state index in [-0.39, 0.29) is 18.1 Å². The predicted octanol–water partition coefficient (Wildman–Crippen LogP) is 3.28. The second kappa shape index (κ2) is 8.68. The molecule has 4 rings (SSSR count). The summed E-state index contributed by atoms with van der Waals surface area (Å²) >= 11 is 0. The van der Waals surface area contributed by atoms with Crippen LogP contribution in [-0.2, 0) is 17.8 Å². The molecule has 6 nitrogen and oxygen atoms in total. The van der Waals surface area contributed by atoms with Crippen LogP contribution in [-0.4, -0.2) is 23.7 Å². The maximum absolute atomic E-state index is 12.4. The van der Waals surface area contributed by atoms with Crippen molar-refractivity contribution in [3.63, 3.8) is 0 Å². The molecule has 3 N–H and O–H groups in total. The summed E-state index contributed by atoms with van der Waals surface area (Å²) < 4.78 is 7.58. The Kier molecular flexibility index (Phi) is 5.83. The van der Waals surface area contributed by atoms with Crippen LogP contribution in [0.2, 0.25) is 0 Å². The van der Waals surface area contributed by atoms with E-state index in [1.54, 1.807) is 7.11 Å². The Balaban J connectivity index is 1.35. The summed E-state index contributed by atoms with van der Waals surface area (Å²) in [6, 6.07) is 18.7. The zero-order valence-corrected chi connectivity index (χ0v) is 16.9. The van der Waals surface area contributed by atoms with Gasteiger partial charge in [-0.3, -0.25) is 4.79 Å². The maximum Gasteiger partial charge on any atom is 0.221 e. The van der Waals surface area contributed by atoms with Gasteiger partial charge in [-0.25, -0.2) is 10.9 Å². The first-order chi connectivity index (χ1) is 14.2. The number of fused-ring (bicyclic) bond motifs is 1. The van der Waals surface area contributed by atoms with Crippen molar-refractivity contribution in [1.29, 1.82) is 0 Å². The molecule has 1 fully saturated rings. The fourth-order valence-electron chi connectivity index (χ4n) is 4.07. The molecule has 1 aromatic heterocycles. The smallest absolute Gasteiger partial charge is 0.221 e. The minimum absolute atomic E-state index is 0.0452. The zero-order chi connectivity index (χ0) is 20.2. The molecule has 29 heavy (non-hydrogen) atoms. The summed E-state index contributed by atoms with van der Waals surface area (Å²) in [5, 5.41) is 4.34. The molecule has 2 aromatic carbocycles. The van der Waals surface area contributed by atoms with Gasteiger partial charge in [0.15, 0.2) is 0 Å². The van der Waals surface area contributed by atoms with E-state index in [0.29, 0.717) is 12.8 Å². The van der Waals surface area contributed by atoms with Crippen molar-refractivity contribution in [2.24, 2.45) is 0 Å². The molecule has 0 spiro atoms. The fraction of sp³-hybridized carbons (Fsp3) is 0.348. The van der Waals surface area contributed by atoms with Crippen LogP contribution >= 0.6 is 0 Å². The van der Waals surface area contributed by atoms with Crippen molar-refractivity contribution in [3.8, 4) is 5.75 Å². The van der Waals surface area contributed by atoms with Gasteiger partial charge in [0.05, 0.1) is 19.3 Å². The van der Waals surface area contributed by atoms with E-state index in [9.17, 15) is 4.79 Å². The normalized spacial score (nSPS) is 18.8. The number of hydrogen-bond acceptors (Lipinski definition) is 4. The summed E-state index contributed by atoms with van der Waals surface area (Å²) in [4.78, 5) is 12.4. The standard InChI is InChI=1S/C23H28N4O2/c1-3-27-20-10-5-4-8-17(20)14-21(27)19-15-22(26-25-19)24-23(28)12-11-16-7-6-9-18(13-16)29-2/h4-10,13-14,19,22,25-26H,3,11-12,15H2,1-2H3,(H,24,28). The quantitative estimate of drug-likeness (QED) is 0.577. The summed E-state index contributed by atoms with van der Waals surface area (Å²) in [6.45, 7) is 3.08. The van der Waals surface area contributed by atoms with Crippen LogP contribution in [0.15, 0.2) is 54.6 Å². The molecule has 1 saturated heterocycles. The number of carbonyl (C=O) groups is 1. The molecule has 2 atom stereocenters. The van der Waals surface area contributed by atoms with Gasteiger partial charge in [0.2, 0.25) is 5.91 Å². The number of rotatable bonds is 7. The molecule has 152 valence electrons. The topological polar surface area (TPSA) is 67.3 Å². The number of aromatic nitrogens is 1. The molecule has 0 bridgehead atoms. The van der Waals surface area contributed by atoms with Gasteiger partial charge in [-0.2, -0.15) is 0 Å². The zero-order valence-electron chi connectivity index (χ0n) is 16.9. The number of ether oxygens (including phenoxy) is 1. The summed E-state index contributed by atoms with van der Waals surface area (Å²) in [5.41, 5.74) is 10.2. The molecule has 0 radical (unpaired) electrons. The Morgan fingerprint density at radius 2 is 2.03 bits per heavy atom. The van der Waals surface area contributed by atoms with Gasteiger partial charge in [-0.15, -0.1) is 0 Å². The molecule has 1 aliphatic heterocycles.